The molecule has 0 aliphatic carbocycles. The molecule has 0 N–H and O–H groups in total. The van der Waals surface area contributed by atoms with Crippen LogP contribution < -0.4 is 14.2 Å². The van der Waals surface area contributed by atoms with Crippen LogP contribution >= 0.6 is 0 Å². The van der Waals surface area contributed by atoms with Crippen LogP contribution in [0, 0.1) is 0 Å². The lowest BCUT2D eigenvalue weighted by atomic mass is 10.2. The second-order valence-corrected chi connectivity index (χ2v) is 6.36. The van der Waals surface area contributed by atoms with Gasteiger partial charge in [-0.2, -0.15) is 0 Å². The predicted molar refractivity (Wildman–Crippen MR) is 102 cm³/mol. The third-order valence-corrected chi connectivity index (χ3v) is 4.18. The van der Waals surface area contributed by atoms with Gasteiger partial charge in [0.2, 0.25) is 0 Å². The highest BCUT2D eigenvalue weighted by Gasteiger charge is 2.16. The molecular formula is C21H21NO7. The molecule has 0 atom stereocenters. The zero-order valence-corrected chi connectivity index (χ0v) is 16.0. The van der Waals surface area contributed by atoms with E-state index in [4.69, 9.17) is 18.9 Å². The van der Waals surface area contributed by atoms with E-state index in [1.807, 2.05) is 12.1 Å². The molecule has 1 amide bonds. The van der Waals surface area contributed by atoms with E-state index in [1.54, 1.807) is 37.4 Å². The smallest absolute Gasteiger partial charge is 0.344 e. The standard InChI is InChI=1S/C21H21NO7/c1-22(11-16-4-7-18-19(10-16)27-9-8-26-18)20(24)13-29-21(25)14-28-17-5-2-15(12-23)3-6-17/h2-7,10,12H,8-9,11,13-14H2,1H3. The fourth-order valence-corrected chi connectivity index (χ4v) is 2.63. The lowest BCUT2D eigenvalue weighted by molar-refractivity contribution is -0.153. The second-order valence-electron chi connectivity index (χ2n) is 6.36. The maximum Gasteiger partial charge on any atom is 0.344 e. The first-order chi connectivity index (χ1) is 14.0. The van der Waals surface area contributed by atoms with Crippen molar-refractivity contribution in [1.29, 1.82) is 0 Å². The number of amides is 1. The second kappa shape index (κ2) is 9.59. The number of fused-ring (bicyclic) bond motifs is 1. The molecule has 0 aromatic heterocycles. The topological polar surface area (TPSA) is 91.4 Å². The molecule has 0 unspecified atom stereocenters. The molecule has 0 fully saturated rings. The summed E-state index contributed by atoms with van der Waals surface area (Å²) in [5.41, 5.74) is 1.38. The summed E-state index contributed by atoms with van der Waals surface area (Å²) in [6, 6.07) is 11.8. The molecule has 3 rings (SSSR count). The van der Waals surface area contributed by atoms with Gasteiger partial charge in [-0.15, -0.1) is 0 Å². The molecule has 0 spiro atoms. The number of aldehydes is 1. The normalized spacial score (nSPS) is 12.0. The minimum atomic E-state index is -0.662. The number of ether oxygens (including phenoxy) is 4. The SMILES string of the molecule is CN(Cc1ccc2c(c1)OCCO2)C(=O)COC(=O)COc1ccc(C=O)cc1. The van der Waals surface area contributed by atoms with Crippen LogP contribution in [-0.2, 0) is 20.9 Å². The van der Waals surface area contributed by atoms with E-state index in [1.165, 1.54) is 4.90 Å². The average Bonchev–Trinajstić information content (AvgIpc) is 2.76. The van der Waals surface area contributed by atoms with Crippen molar-refractivity contribution in [3.05, 3.63) is 53.6 Å². The number of carbonyl (C=O) groups is 3. The summed E-state index contributed by atoms with van der Waals surface area (Å²) >= 11 is 0. The maximum absolute atomic E-state index is 12.2. The first kappa shape index (κ1) is 20.2. The molecule has 1 aliphatic rings. The lowest BCUT2D eigenvalue weighted by Gasteiger charge is -2.21. The van der Waals surface area contributed by atoms with Crippen LogP contribution in [0.3, 0.4) is 0 Å². The Morgan fingerprint density at radius 3 is 2.48 bits per heavy atom. The molecular weight excluding hydrogens is 378 g/mol. The van der Waals surface area contributed by atoms with E-state index in [0.29, 0.717) is 48.9 Å². The number of benzene rings is 2. The molecule has 0 bridgehead atoms. The van der Waals surface area contributed by atoms with Crippen molar-refractivity contribution >= 4 is 18.2 Å². The quantitative estimate of drug-likeness (QED) is 0.494. The van der Waals surface area contributed by atoms with Gasteiger partial charge in [-0.25, -0.2) is 4.79 Å². The largest absolute Gasteiger partial charge is 0.486 e. The Hall–Kier alpha value is -3.55. The first-order valence-corrected chi connectivity index (χ1v) is 9.01. The van der Waals surface area contributed by atoms with E-state index in [2.05, 4.69) is 0 Å². The van der Waals surface area contributed by atoms with Gasteiger partial charge in [-0.05, 0) is 42.0 Å². The molecule has 2 aromatic carbocycles. The number of nitrogens with zero attached hydrogens (tertiary/aromatic N) is 1. The molecule has 2 aromatic rings. The van der Waals surface area contributed by atoms with Gasteiger partial charge < -0.3 is 23.8 Å². The Balaban J connectivity index is 1.42. The summed E-state index contributed by atoms with van der Waals surface area (Å²) in [5.74, 6) is 0.756. The molecule has 1 heterocycles. The zero-order valence-electron chi connectivity index (χ0n) is 16.0. The number of hydrogen-bond acceptors (Lipinski definition) is 7. The van der Waals surface area contributed by atoms with Gasteiger partial charge in [0.25, 0.3) is 5.91 Å². The van der Waals surface area contributed by atoms with Crippen molar-refractivity contribution in [2.45, 2.75) is 6.54 Å². The Kier molecular flexibility index (Phi) is 6.67. The van der Waals surface area contributed by atoms with Gasteiger partial charge in [-0.1, -0.05) is 6.07 Å². The van der Waals surface area contributed by atoms with Crippen LogP contribution in [0.2, 0.25) is 0 Å². The van der Waals surface area contributed by atoms with Gasteiger partial charge in [0.15, 0.2) is 24.7 Å². The summed E-state index contributed by atoms with van der Waals surface area (Å²) < 4.78 is 21.2. The number of rotatable bonds is 8. The Morgan fingerprint density at radius 1 is 1.03 bits per heavy atom. The summed E-state index contributed by atoms with van der Waals surface area (Å²) in [4.78, 5) is 36.0. The summed E-state index contributed by atoms with van der Waals surface area (Å²) in [7, 11) is 1.62. The highest BCUT2D eigenvalue weighted by Crippen LogP contribution is 2.31. The van der Waals surface area contributed by atoms with Crippen molar-refractivity contribution in [2.24, 2.45) is 0 Å². The number of hydrogen-bond donors (Lipinski definition) is 0. The van der Waals surface area contributed by atoms with Gasteiger partial charge >= 0.3 is 5.97 Å². The maximum atomic E-state index is 12.2. The van der Waals surface area contributed by atoms with Crippen molar-refractivity contribution in [1.82, 2.24) is 4.90 Å². The Morgan fingerprint density at radius 2 is 1.76 bits per heavy atom. The summed E-state index contributed by atoms with van der Waals surface area (Å²) in [5, 5.41) is 0. The summed E-state index contributed by atoms with van der Waals surface area (Å²) in [6.45, 7) is 0.633. The number of likely N-dealkylation sites (N-methyl/N-ethyl adjacent to an activating group) is 1. The van der Waals surface area contributed by atoms with Crippen LogP contribution in [0.4, 0.5) is 0 Å². The monoisotopic (exact) mass is 399 g/mol. The highest BCUT2D eigenvalue weighted by atomic mass is 16.6. The van der Waals surface area contributed by atoms with Crippen molar-refractivity contribution in [3.8, 4) is 17.2 Å². The number of esters is 1. The van der Waals surface area contributed by atoms with Crippen molar-refractivity contribution in [3.63, 3.8) is 0 Å². The van der Waals surface area contributed by atoms with Crippen molar-refractivity contribution in [2.75, 3.05) is 33.5 Å². The van der Waals surface area contributed by atoms with Crippen molar-refractivity contribution < 1.29 is 33.3 Å². The highest BCUT2D eigenvalue weighted by molar-refractivity contribution is 5.81. The van der Waals surface area contributed by atoms with E-state index < -0.39 is 5.97 Å². The van der Waals surface area contributed by atoms with Crippen LogP contribution in [0.5, 0.6) is 17.2 Å². The molecule has 0 radical (unpaired) electrons. The Bertz CT molecular complexity index is 879. The summed E-state index contributed by atoms with van der Waals surface area (Å²) in [6.07, 6.45) is 0.713. The zero-order chi connectivity index (χ0) is 20.6. The van der Waals surface area contributed by atoms with E-state index in [0.717, 1.165) is 5.56 Å². The van der Waals surface area contributed by atoms with Crippen LogP contribution in [0.1, 0.15) is 15.9 Å². The number of carbonyl (C=O) groups excluding carboxylic acids is 3. The van der Waals surface area contributed by atoms with Gasteiger partial charge in [0.1, 0.15) is 25.2 Å². The minimum absolute atomic E-state index is 0.334. The van der Waals surface area contributed by atoms with Gasteiger partial charge in [0.05, 0.1) is 0 Å². The fourth-order valence-electron chi connectivity index (χ4n) is 2.63. The molecule has 0 saturated carbocycles. The van der Waals surface area contributed by atoms with E-state index >= 15 is 0 Å². The third-order valence-electron chi connectivity index (χ3n) is 4.18. The average molecular weight is 399 g/mol. The fraction of sp³-hybridized carbons (Fsp3) is 0.286. The van der Waals surface area contributed by atoms with Crippen LogP contribution in [0.15, 0.2) is 42.5 Å². The molecule has 29 heavy (non-hydrogen) atoms. The minimum Gasteiger partial charge on any atom is -0.486 e. The molecule has 8 heteroatoms. The van der Waals surface area contributed by atoms with E-state index in [9.17, 15) is 14.4 Å². The molecule has 8 nitrogen and oxygen atoms in total. The third kappa shape index (κ3) is 5.71. The molecule has 0 saturated heterocycles. The Labute approximate surface area is 167 Å². The van der Waals surface area contributed by atoms with E-state index in [-0.39, 0.29) is 19.1 Å². The van der Waals surface area contributed by atoms with Crippen LogP contribution in [0.25, 0.3) is 0 Å². The molecule has 152 valence electrons. The van der Waals surface area contributed by atoms with Crippen LogP contribution in [-0.4, -0.2) is 56.5 Å². The van der Waals surface area contributed by atoms with Gasteiger partial charge in [0, 0.05) is 19.2 Å². The van der Waals surface area contributed by atoms with Gasteiger partial charge in [-0.3, -0.25) is 9.59 Å². The predicted octanol–water partition coefficient (Wildman–Crippen LogP) is 1.85. The molecule has 1 aliphatic heterocycles. The lowest BCUT2D eigenvalue weighted by Crippen LogP contribution is -2.31. The first-order valence-electron chi connectivity index (χ1n) is 9.01.